The quantitative estimate of drug-likeness (QED) is 0.918. The highest BCUT2D eigenvalue weighted by molar-refractivity contribution is 7.99. The number of hydrogen-bond donors (Lipinski definition) is 1. The summed E-state index contributed by atoms with van der Waals surface area (Å²) >= 11 is 7.85. The molecule has 0 radical (unpaired) electrons. The van der Waals surface area contributed by atoms with E-state index in [4.69, 9.17) is 11.6 Å². The largest absolute Gasteiger partial charge is 0.345 e. The summed E-state index contributed by atoms with van der Waals surface area (Å²) < 4.78 is 1.40. The molecular formula is C16H15ClN2O2S. The van der Waals surface area contributed by atoms with Crippen LogP contribution in [-0.2, 0) is 7.05 Å². The Bertz CT molecular complexity index is 788. The molecule has 0 spiro atoms. The van der Waals surface area contributed by atoms with Gasteiger partial charge >= 0.3 is 0 Å². The van der Waals surface area contributed by atoms with Crippen LogP contribution in [0.3, 0.4) is 0 Å². The minimum Gasteiger partial charge on any atom is -0.345 e. The van der Waals surface area contributed by atoms with Crippen LogP contribution >= 0.6 is 23.4 Å². The molecule has 1 aliphatic rings. The van der Waals surface area contributed by atoms with Gasteiger partial charge in [-0.1, -0.05) is 11.6 Å². The molecule has 0 bridgehead atoms. The van der Waals surface area contributed by atoms with Gasteiger partial charge in [0.05, 0.1) is 11.6 Å². The van der Waals surface area contributed by atoms with E-state index in [0.717, 1.165) is 22.6 Å². The fourth-order valence-electron chi connectivity index (χ4n) is 2.49. The molecule has 1 aromatic carbocycles. The van der Waals surface area contributed by atoms with Crippen LogP contribution in [0.4, 0.5) is 0 Å². The van der Waals surface area contributed by atoms with Crippen molar-refractivity contribution in [1.82, 2.24) is 9.88 Å². The number of carbonyl (C=O) groups is 1. The first-order valence-electron chi connectivity index (χ1n) is 6.94. The number of halogens is 1. The van der Waals surface area contributed by atoms with E-state index in [9.17, 15) is 9.59 Å². The molecular weight excluding hydrogens is 320 g/mol. The van der Waals surface area contributed by atoms with Crippen molar-refractivity contribution >= 4 is 29.3 Å². The average molecular weight is 335 g/mol. The van der Waals surface area contributed by atoms with Gasteiger partial charge in [-0.2, -0.15) is 0 Å². The number of aryl methyl sites for hydroxylation is 1. The lowest BCUT2D eigenvalue weighted by Crippen LogP contribution is -2.31. The fourth-order valence-corrected chi connectivity index (χ4v) is 3.77. The highest BCUT2D eigenvalue weighted by Gasteiger charge is 2.23. The zero-order valence-electron chi connectivity index (χ0n) is 12.0. The van der Waals surface area contributed by atoms with Crippen LogP contribution in [0.1, 0.15) is 28.4 Å². The van der Waals surface area contributed by atoms with E-state index in [2.05, 4.69) is 5.32 Å². The molecule has 1 N–H and O–H groups in total. The normalized spacial score (nSPS) is 16.9. The zero-order valence-corrected chi connectivity index (χ0v) is 13.6. The molecule has 0 saturated heterocycles. The first kappa shape index (κ1) is 15.2. The Morgan fingerprint density at radius 1 is 1.36 bits per heavy atom. The van der Waals surface area contributed by atoms with Crippen molar-refractivity contribution in [1.29, 1.82) is 0 Å². The molecule has 1 aromatic heterocycles. The number of aromatic nitrogens is 1. The highest BCUT2D eigenvalue weighted by atomic mass is 35.5. The predicted octanol–water partition coefficient (Wildman–Crippen LogP) is 3.01. The zero-order chi connectivity index (χ0) is 15.7. The van der Waals surface area contributed by atoms with Crippen LogP contribution in [0.2, 0.25) is 5.02 Å². The van der Waals surface area contributed by atoms with Gasteiger partial charge in [-0.25, -0.2) is 0 Å². The molecule has 3 rings (SSSR count). The molecule has 0 fully saturated rings. The van der Waals surface area contributed by atoms with E-state index in [0.29, 0.717) is 10.6 Å². The molecule has 4 nitrogen and oxygen atoms in total. The Hall–Kier alpha value is -1.72. The van der Waals surface area contributed by atoms with Gasteiger partial charge in [0.1, 0.15) is 0 Å². The van der Waals surface area contributed by atoms with Crippen molar-refractivity contribution in [2.75, 3.05) is 5.75 Å². The molecule has 114 valence electrons. The maximum atomic E-state index is 12.4. The van der Waals surface area contributed by atoms with Gasteiger partial charge in [0.2, 0.25) is 5.56 Å². The molecule has 0 saturated carbocycles. The molecule has 22 heavy (non-hydrogen) atoms. The topological polar surface area (TPSA) is 51.1 Å². The van der Waals surface area contributed by atoms with Crippen molar-refractivity contribution in [3.63, 3.8) is 0 Å². The number of nitrogens with zero attached hydrogens (tertiary/aromatic N) is 1. The first-order chi connectivity index (χ1) is 10.5. The fraction of sp³-hybridized carbons (Fsp3) is 0.250. The van der Waals surface area contributed by atoms with Crippen LogP contribution in [-0.4, -0.2) is 16.2 Å². The summed E-state index contributed by atoms with van der Waals surface area (Å²) in [5.41, 5.74) is 1.40. The number of pyridine rings is 1. The number of thioether (sulfide) groups is 1. The predicted molar refractivity (Wildman–Crippen MR) is 88.7 cm³/mol. The number of benzene rings is 1. The van der Waals surface area contributed by atoms with Gasteiger partial charge in [0.25, 0.3) is 5.91 Å². The number of carbonyl (C=O) groups excluding carboxylic acids is 1. The Balaban J connectivity index is 1.85. The van der Waals surface area contributed by atoms with Crippen molar-refractivity contribution in [3.8, 4) is 0 Å². The summed E-state index contributed by atoms with van der Waals surface area (Å²) in [4.78, 5) is 25.0. The minimum absolute atomic E-state index is 0.0558. The lowest BCUT2D eigenvalue weighted by atomic mass is 10.0. The Labute approximate surface area is 137 Å². The lowest BCUT2D eigenvalue weighted by Gasteiger charge is -2.26. The molecule has 2 aromatic rings. The van der Waals surface area contributed by atoms with E-state index in [-0.39, 0.29) is 17.5 Å². The van der Waals surface area contributed by atoms with Gasteiger partial charge in [-0.3, -0.25) is 9.59 Å². The monoisotopic (exact) mass is 334 g/mol. The third-order valence-corrected chi connectivity index (χ3v) is 5.02. The van der Waals surface area contributed by atoms with Crippen molar-refractivity contribution in [3.05, 3.63) is 63.0 Å². The van der Waals surface area contributed by atoms with E-state index >= 15 is 0 Å². The molecule has 1 atom stereocenters. The maximum Gasteiger partial charge on any atom is 0.253 e. The third kappa shape index (κ3) is 3.05. The SMILES string of the molecule is Cn1cc(C(=O)NC2CCSc3ccc(Cl)cc32)ccc1=O. The third-order valence-electron chi connectivity index (χ3n) is 3.66. The number of rotatable bonds is 2. The summed E-state index contributed by atoms with van der Waals surface area (Å²) in [5.74, 6) is 0.769. The standard InChI is InChI=1S/C16H15ClN2O2S/c1-19-9-10(2-5-15(19)20)16(21)18-13-6-7-22-14-4-3-11(17)8-12(13)14/h2-5,8-9,13H,6-7H2,1H3,(H,18,21). The molecule has 1 unspecified atom stereocenters. The summed E-state index contributed by atoms with van der Waals surface area (Å²) in [6, 6.07) is 8.66. The molecule has 1 amide bonds. The van der Waals surface area contributed by atoms with E-state index in [1.54, 1.807) is 31.1 Å². The van der Waals surface area contributed by atoms with Gasteiger partial charge in [0.15, 0.2) is 0 Å². The number of nitrogens with one attached hydrogen (secondary N) is 1. The van der Waals surface area contributed by atoms with Gasteiger partial charge in [0, 0.05) is 35.0 Å². The van der Waals surface area contributed by atoms with Crippen molar-refractivity contribution in [2.24, 2.45) is 7.05 Å². The summed E-state index contributed by atoms with van der Waals surface area (Å²) in [6.45, 7) is 0. The first-order valence-corrected chi connectivity index (χ1v) is 8.31. The van der Waals surface area contributed by atoms with Crippen LogP contribution < -0.4 is 10.9 Å². The van der Waals surface area contributed by atoms with Gasteiger partial charge in [-0.15, -0.1) is 11.8 Å². The second kappa shape index (κ2) is 6.18. The number of fused-ring (bicyclic) bond motifs is 1. The van der Waals surface area contributed by atoms with Crippen LogP contribution in [0, 0.1) is 0 Å². The van der Waals surface area contributed by atoms with E-state index in [1.165, 1.54) is 10.6 Å². The number of amides is 1. The molecule has 2 heterocycles. The van der Waals surface area contributed by atoms with Crippen LogP contribution in [0.5, 0.6) is 0 Å². The summed E-state index contributed by atoms with van der Waals surface area (Å²) in [6.07, 6.45) is 2.41. The maximum absolute atomic E-state index is 12.4. The van der Waals surface area contributed by atoms with E-state index < -0.39 is 0 Å². The Kier molecular flexibility index (Phi) is 4.27. The van der Waals surface area contributed by atoms with Crippen LogP contribution in [0.25, 0.3) is 0 Å². The molecule has 6 heteroatoms. The average Bonchev–Trinajstić information content (AvgIpc) is 2.50. The van der Waals surface area contributed by atoms with Gasteiger partial charge in [-0.05, 0) is 36.2 Å². The minimum atomic E-state index is -0.182. The van der Waals surface area contributed by atoms with Crippen molar-refractivity contribution in [2.45, 2.75) is 17.4 Å². The second-order valence-corrected chi connectivity index (χ2v) is 6.79. The summed E-state index contributed by atoms with van der Waals surface area (Å²) in [5, 5.41) is 3.71. The van der Waals surface area contributed by atoms with Gasteiger partial charge < -0.3 is 9.88 Å². The highest BCUT2D eigenvalue weighted by Crippen LogP contribution is 2.37. The Morgan fingerprint density at radius 2 is 2.18 bits per heavy atom. The molecule has 1 aliphatic heterocycles. The second-order valence-electron chi connectivity index (χ2n) is 5.21. The number of hydrogen-bond acceptors (Lipinski definition) is 3. The summed E-state index contributed by atoms with van der Waals surface area (Å²) in [7, 11) is 1.63. The molecule has 0 aliphatic carbocycles. The van der Waals surface area contributed by atoms with Crippen molar-refractivity contribution < 1.29 is 4.79 Å². The Morgan fingerprint density at radius 3 is 2.95 bits per heavy atom. The lowest BCUT2D eigenvalue weighted by molar-refractivity contribution is 0.0934. The smallest absolute Gasteiger partial charge is 0.253 e. The van der Waals surface area contributed by atoms with Crippen LogP contribution in [0.15, 0.2) is 46.2 Å². The van der Waals surface area contributed by atoms with E-state index in [1.807, 2.05) is 18.2 Å².